The van der Waals surface area contributed by atoms with Crippen molar-refractivity contribution in [3.63, 3.8) is 0 Å². The smallest absolute Gasteiger partial charge is 0.338 e. The maximum atomic E-state index is 13.6. The van der Waals surface area contributed by atoms with E-state index in [4.69, 9.17) is 14.5 Å². The third kappa shape index (κ3) is 3.64. The molecule has 1 unspecified atom stereocenters. The maximum Gasteiger partial charge on any atom is 0.338 e. The normalized spacial score (nSPS) is 18.9. The first-order chi connectivity index (χ1) is 15.7. The molecule has 5 rings (SSSR count). The van der Waals surface area contributed by atoms with Gasteiger partial charge in [-0.1, -0.05) is 36.8 Å². The van der Waals surface area contributed by atoms with Crippen LogP contribution in [-0.4, -0.2) is 28.2 Å². The number of nitrogens with one attached hydrogen (secondary N) is 1. The Morgan fingerprint density at radius 3 is 2.66 bits per heavy atom. The van der Waals surface area contributed by atoms with Crippen molar-refractivity contribution in [2.45, 2.75) is 58.1 Å². The van der Waals surface area contributed by atoms with Gasteiger partial charge in [0.1, 0.15) is 11.9 Å². The summed E-state index contributed by atoms with van der Waals surface area (Å²) in [6.45, 7) is 4.44. The van der Waals surface area contributed by atoms with Gasteiger partial charge in [-0.25, -0.2) is 9.78 Å². The third-order valence-electron chi connectivity index (χ3n) is 6.39. The summed E-state index contributed by atoms with van der Waals surface area (Å²) in [7, 11) is 0. The number of ether oxygens (including phenoxy) is 2. The lowest BCUT2D eigenvalue weighted by molar-refractivity contribution is -0.146. The second-order valence-electron chi connectivity index (χ2n) is 8.50. The van der Waals surface area contributed by atoms with Gasteiger partial charge in [-0.15, -0.1) is 0 Å². The predicted molar refractivity (Wildman–Crippen MR) is 125 cm³/mol. The van der Waals surface area contributed by atoms with Gasteiger partial charge in [0.2, 0.25) is 5.95 Å². The summed E-state index contributed by atoms with van der Waals surface area (Å²) in [6, 6.07) is 15.5. The number of para-hydroxylation sites is 3. The van der Waals surface area contributed by atoms with Crippen molar-refractivity contribution in [2.24, 2.45) is 0 Å². The minimum atomic E-state index is -0.391. The molecule has 1 aromatic heterocycles. The number of esters is 1. The number of anilines is 1. The zero-order valence-electron chi connectivity index (χ0n) is 18.6. The molecule has 2 aliphatic rings. The van der Waals surface area contributed by atoms with E-state index < -0.39 is 6.04 Å². The molecule has 32 heavy (non-hydrogen) atoms. The molecule has 2 aromatic carbocycles. The van der Waals surface area contributed by atoms with Crippen LogP contribution >= 0.6 is 0 Å². The summed E-state index contributed by atoms with van der Waals surface area (Å²) in [4.78, 5) is 18.4. The zero-order valence-corrected chi connectivity index (χ0v) is 18.6. The van der Waals surface area contributed by atoms with E-state index in [1.54, 1.807) is 0 Å². The molecule has 6 heteroatoms. The monoisotopic (exact) mass is 431 g/mol. The van der Waals surface area contributed by atoms with Crippen molar-refractivity contribution >= 4 is 23.0 Å². The van der Waals surface area contributed by atoms with Gasteiger partial charge in [0, 0.05) is 11.3 Å². The van der Waals surface area contributed by atoms with Crippen molar-refractivity contribution < 1.29 is 14.3 Å². The van der Waals surface area contributed by atoms with Gasteiger partial charge in [-0.05, 0) is 57.7 Å². The molecule has 0 radical (unpaired) electrons. The molecule has 1 aliphatic carbocycles. The van der Waals surface area contributed by atoms with Gasteiger partial charge in [0.05, 0.1) is 29.3 Å². The number of allylic oxidation sites excluding steroid dienone is 1. The van der Waals surface area contributed by atoms with Gasteiger partial charge in [-0.3, -0.25) is 4.57 Å². The maximum absolute atomic E-state index is 13.6. The Hall–Kier alpha value is -3.28. The van der Waals surface area contributed by atoms with Crippen molar-refractivity contribution in [1.29, 1.82) is 0 Å². The van der Waals surface area contributed by atoms with Crippen LogP contribution in [0.3, 0.4) is 0 Å². The molecule has 1 saturated carbocycles. The van der Waals surface area contributed by atoms with Crippen molar-refractivity contribution in [1.82, 2.24) is 9.55 Å². The molecule has 0 spiro atoms. The number of nitrogens with zero attached hydrogens (tertiary/aromatic N) is 2. The molecule has 6 nitrogen and oxygen atoms in total. The quantitative estimate of drug-likeness (QED) is 0.533. The second-order valence-corrected chi connectivity index (χ2v) is 8.50. The summed E-state index contributed by atoms with van der Waals surface area (Å²) in [5, 5.41) is 3.36. The SMILES string of the molecule is CCOc1ccccc1C1C(C(=O)OC2CCCCC2)=C(C)Nc2nc3ccccc3n21. The molecule has 1 N–H and O–H groups in total. The van der Waals surface area contributed by atoms with Crippen LogP contribution in [0.15, 0.2) is 59.8 Å². The molecule has 0 saturated heterocycles. The molecule has 1 atom stereocenters. The first-order valence-corrected chi connectivity index (χ1v) is 11.5. The molecule has 2 heterocycles. The van der Waals surface area contributed by atoms with E-state index in [0.29, 0.717) is 18.1 Å². The van der Waals surface area contributed by atoms with E-state index in [2.05, 4.69) is 9.88 Å². The van der Waals surface area contributed by atoms with Gasteiger partial charge >= 0.3 is 5.97 Å². The van der Waals surface area contributed by atoms with E-state index in [0.717, 1.165) is 53.7 Å². The van der Waals surface area contributed by atoms with E-state index >= 15 is 0 Å². The predicted octanol–water partition coefficient (Wildman–Crippen LogP) is 5.60. The van der Waals surface area contributed by atoms with Crippen LogP contribution in [0, 0.1) is 0 Å². The number of hydrogen-bond acceptors (Lipinski definition) is 5. The number of carbonyl (C=O) groups is 1. The minimum Gasteiger partial charge on any atom is -0.494 e. The summed E-state index contributed by atoms with van der Waals surface area (Å²) in [5.74, 6) is 1.22. The summed E-state index contributed by atoms with van der Waals surface area (Å²) in [6.07, 6.45) is 5.30. The van der Waals surface area contributed by atoms with Crippen LogP contribution in [0.1, 0.15) is 57.6 Å². The zero-order chi connectivity index (χ0) is 22.1. The molecular weight excluding hydrogens is 402 g/mol. The minimum absolute atomic E-state index is 0.0136. The van der Waals surface area contributed by atoms with Crippen LogP contribution in [0.25, 0.3) is 11.0 Å². The first kappa shape index (κ1) is 20.6. The molecular formula is C26H29N3O3. The van der Waals surface area contributed by atoms with Crippen LogP contribution in [0.5, 0.6) is 5.75 Å². The number of imidazole rings is 1. The fourth-order valence-corrected chi connectivity index (χ4v) is 4.91. The number of aromatic nitrogens is 2. The third-order valence-corrected chi connectivity index (χ3v) is 6.39. The fourth-order valence-electron chi connectivity index (χ4n) is 4.91. The number of rotatable bonds is 5. The summed E-state index contributed by atoms with van der Waals surface area (Å²) >= 11 is 0. The topological polar surface area (TPSA) is 65.4 Å². The number of hydrogen-bond donors (Lipinski definition) is 1. The molecule has 0 bridgehead atoms. The van der Waals surface area contributed by atoms with E-state index in [1.807, 2.05) is 62.4 Å². The van der Waals surface area contributed by atoms with Gasteiger partial charge < -0.3 is 14.8 Å². The van der Waals surface area contributed by atoms with E-state index in [-0.39, 0.29) is 12.1 Å². The molecule has 1 aliphatic heterocycles. The number of benzene rings is 2. The molecule has 166 valence electrons. The van der Waals surface area contributed by atoms with E-state index in [1.165, 1.54) is 6.42 Å². The summed E-state index contributed by atoms with van der Waals surface area (Å²) < 4.78 is 14.1. The molecule has 1 fully saturated rings. The van der Waals surface area contributed by atoms with Gasteiger partial charge in [-0.2, -0.15) is 0 Å². The van der Waals surface area contributed by atoms with E-state index in [9.17, 15) is 4.79 Å². The Balaban J connectivity index is 1.65. The Bertz CT molecular complexity index is 1170. The number of carbonyl (C=O) groups excluding carboxylic acids is 1. The second kappa shape index (κ2) is 8.69. The summed E-state index contributed by atoms with van der Waals surface area (Å²) in [5.41, 5.74) is 4.14. The largest absolute Gasteiger partial charge is 0.494 e. The molecule has 3 aromatic rings. The fraction of sp³-hybridized carbons (Fsp3) is 0.385. The van der Waals surface area contributed by atoms with Crippen LogP contribution in [-0.2, 0) is 9.53 Å². The highest BCUT2D eigenvalue weighted by Crippen LogP contribution is 2.42. The lowest BCUT2D eigenvalue weighted by Crippen LogP contribution is -2.31. The highest BCUT2D eigenvalue weighted by atomic mass is 16.5. The van der Waals surface area contributed by atoms with Gasteiger partial charge in [0.15, 0.2) is 0 Å². The van der Waals surface area contributed by atoms with Crippen LogP contribution in [0.2, 0.25) is 0 Å². The lowest BCUT2D eigenvalue weighted by Gasteiger charge is -2.32. The Labute approximate surface area is 188 Å². The lowest BCUT2D eigenvalue weighted by atomic mass is 9.93. The average Bonchev–Trinajstić information content (AvgIpc) is 3.17. The highest BCUT2D eigenvalue weighted by Gasteiger charge is 2.37. The highest BCUT2D eigenvalue weighted by molar-refractivity contribution is 5.94. The Morgan fingerprint density at radius 2 is 1.84 bits per heavy atom. The Kier molecular flexibility index (Phi) is 5.60. The van der Waals surface area contributed by atoms with Crippen molar-refractivity contribution in [3.8, 4) is 5.75 Å². The number of fused-ring (bicyclic) bond motifs is 3. The van der Waals surface area contributed by atoms with Crippen LogP contribution in [0.4, 0.5) is 5.95 Å². The van der Waals surface area contributed by atoms with Crippen molar-refractivity contribution in [3.05, 3.63) is 65.4 Å². The van der Waals surface area contributed by atoms with Gasteiger partial charge in [0.25, 0.3) is 0 Å². The first-order valence-electron chi connectivity index (χ1n) is 11.5. The van der Waals surface area contributed by atoms with Crippen molar-refractivity contribution in [2.75, 3.05) is 11.9 Å². The average molecular weight is 432 g/mol. The molecule has 0 amide bonds. The Morgan fingerprint density at radius 1 is 1.09 bits per heavy atom. The van der Waals surface area contributed by atoms with Crippen LogP contribution < -0.4 is 10.1 Å². The standard InChI is InChI=1S/C26H29N3O3/c1-3-31-22-16-10-7-13-19(22)24-23(25(30)32-18-11-5-4-6-12-18)17(2)27-26-28-20-14-8-9-15-21(20)29(24)26/h7-10,13-16,18,24H,3-6,11-12H2,1-2H3,(H,27,28).